The molecule has 35 heavy (non-hydrogen) atoms. The lowest BCUT2D eigenvalue weighted by molar-refractivity contribution is 0.339. The van der Waals surface area contributed by atoms with Gasteiger partial charge in [0.15, 0.2) is 0 Å². The smallest absolute Gasteiger partial charge is 0.405 e. The van der Waals surface area contributed by atoms with Crippen molar-refractivity contribution in [3.05, 3.63) is 96.3 Å². The highest BCUT2D eigenvalue weighted by atomic mass is 16.5. The normalized spacial score (nSPS) is 10.3. The Labute approximate surface area is 207 Å². The Bertz CT molecular complexity index is 1280. The molecule has 4 aromatic rings. The van der Waals surface area contributed by atoms with Gasteiger partial charge in [-0.15, -0.1) is 0 Å². The van der Waals surface area contributed by atoms with Crippen LogP contribution in [-0.4, -0.2) is 19.8 Å². The average molecular weight is 466 g/mol. The fraction of sp³-hybridized carbons (Fsp3) is 0.194. The van der Waals surface area contributed by atoms with Crippen molar-refractivity contribution >= 4 is 0 Å². The maximum Gasteiger partial charge on any atom is 0.405 e. The van der Waals surface area contributed by atoms with E-state index in [-0.39, 0.29) is 0 Å². The van der Waals surface area contributed by atoms with Crippen molar-refractivity contribution < 1.29 is 18.6 Å². The van der Waals surface area contributed by atoms with E-state index in [0.717, 1.165) is 39.5 Å². The second-order valence-corrected chi connectivity index (χ2v) is 7.61. The summed E-state index contributed by atoms with van der Waals surface area (Å²) in [5.74, 6) is 9.94. The molecule has 0 saturated carbocycles. The summed E-state index contributed by atoms with van der Waals surface area (Å²) in [6.45, 7) is 7.62. The standard InChI is InChI=1S/C31H29O4/c1-4-32-28-16-10-7-13-23(28)19-20-25-21-24(26-14-8-11-17-29(26)33-5-2)22-31(35-25)27-15-9-12-18-30(27)34-6-3/h7-18,21-22H,4-6H2,1-3H3/q+1. The number of hydrogen-bond acceptors (Lipinski definition) is 3. The lowest BCUT2D eigenvalue weighted by Gasteiger charge is -2.10. The predicted octanol–water partition coefficient (Wildman–Crippen LogP) is 7.49. The largest absolute Gasteiger partial charge is 0.493 e. The molecular weight excluding hydrogens is 436 g/mol. The monoisotopic (exact) mass is 465 g/mol. The molecule has 0 atom stereocenters. The average Bonchev–Trinajstić information content (AvgIpc) is 2.89. The highest BCUT2D eigenvalue weighted by Gasteiger charge is 2.22. The molecule has 3 aromatic carbocycles. The van der Waals surface area contributed by atoms with E-state index in [9.17, 15) is 0 Å². The maximum atomic E-state index is 6.30. The molecule has 0 spiro atoms. The number of ether oxygens (including phenoxy) is 3. The molecule has 176 valence electrons. The summed E-state index contributed by atoms with van der Waals surface area (Å²) in [6.07, 6.45) is 0. The molecule has 0 aliphatic carbocycles. The molecule has 4 nitrogen and oxygen atoms in total. The van der Waals surface area contributed by atoms with Crippen molar-refractivity contribution in [2.75, 3.05) is 19.8 Å². The van der Waals surface area contributed by atoms with Crippen LogP contribution in [-0.2, 0) is 0 Å². The molecule has 4 rings (SSSR count). The Hall–Kier alpha value is -4.23. The van der Waals surface area contributed by atoms with Crippen LogP contribution in [0.1, 0.15) is 32.1 Å². The van der Waals surface area contributed by atoms with Crippen LogP contribution in [0.2, 0.25) is 0 Å². The summed E-state index contributed by atoms with van der Waals surface area (Å²) >= 11 is 0. The van der Waals surface area contributed by atoms with Gasteiger partial charge in [0.25, 0.3) is 0 Å². The van der Waals surface area contributed by atoms with Gasteiger partial charge in [-0.2, -0.15) is 4.42 Å². The zero-order valence-corrected chi connectivity index (χ0v) is 20.3. The van der Waals surface area contributed by atoms with Crippen LogP contribution in [0.5, 0.6) is 17.2 Å². The Balaban J connectivity index is 1.88. The van der Waals surface area contributed by atoms with Crippen LogP contribution < -0.4 is 14.2 Å². The second kappa shape index (κ2) is 11.8. The summed E-state index contributed by atoms with van der Waals surface area (Å²) in [7, 11) is 0. The SMILES string of the molecule is CCOc1ccccc1C#Cc1cc(-c2ccccc2OCC)cc(-c2ccccc2OCC)[o+]1. The molecule has 0 amide bonds. The number of para-hydroxylation sites is 3. The van der Waals surface area contributed by atoms with Crippen LogP contribution in [0.25, 0.3) is 22.5 Å². The van der Waals surface area contributed by atoms with Crippen molar-refractivity contribution in [1.29, 1.82) is 0 Å². The molecule has 0 saturated heterocycles. The first-order chi connectivity index (χ1) is 17.2. The number of rotatable bonds is 8. The van der Waals surface area contributed by atoms with Crippen molar-refractivity contribution in [3.63, 3.8) is 0 Å². The zero-order valence-electron chi connectivity index (χ0n) is 20.3. The first-order valence-corrected chi connectivity index (χ1v) is 11.9. The quantitative estimate of drug-likeness (QED) is 0.200. The lowest BCUT2D eigenvalue weighted by atomic mass is 10.0. The maximum absolute atomic E-state index is 6.30. The highest BCUT2D eigenvalue weighted by Crippen LogP contribution is 2.36. The molecule has 0 bridgehead atoms. The fourth-order valence-corrected chi connectivity index (χ4v) is 3.77. The van der Waals surface area contributed by atoms with E-state index in [1.54, 1.807) is 0 Å². The molecular formula is C31H29O4+. The van der Waals surface area contributed by atoms with E-state index in [1.165, 1.54) is 0 Å². The van der Waals surface area contributed by atoms with Gasteiger partial charge in [0.1, 0.15) is 22.8 Å². The van der Waals surface area contributed by atoms with Gasteiger partial charge in [0.05, 0.1) is 37.5 Å². The first kappa shape index (κ1) is 23.9. The minimum Gasteiger partial charge on any atom is -0.493 e. The minimum absolute atomic E-state index is 0.529. The molecule has 0 radical (unpaired) electrons. The summed E-state index contributed by atoms with van der Waals surface area (Å²) in [4.78, 5) is 0. The summed E-state index contributed by atoms with van der Waals surface area (Å²) < 4.78 is 23.8. The summed E-state index contributed by atoms with van der Waals surface area (Å²) in [6, 6.07) is 27.5. The molecule has 4 heteroatoms. The fourth-order valence-electron chi connectivity index (χ4n) is 3.77. The first-order valence-electron chi connectivity index (χ1n) is 11.9. The van der Waals surface area contributed by atoms with E-state index < -0.39 is 0 Å². The van der Waals surface area contributed by atoms with Crippen molar-refractivity contribution in [2.24, 2.45) is 0 Å². The molecule has 1 aromatic heterocycles. The van der Waals surface area contributed by atoms with Crippen LogP contribution in [0.15, 0.2) is 89.3 Å². The summed E-state index contributed by atoms with van der Waals surface area (Å²) in [5.41, 5.74) is 3.59. The van der Waals surface area contributed by atoms with E-state index in [2.05, 4.69) is 11.8 Å². The van der Waals surface area contributed by atoms with Crippen molar-refractivity contribution in [2.45, 2.75) is 20.8 Å². The Morgan fingerprint density at radius 2 is 1.14 bits per heavy atom. The third kappa shape index (κ3) is 5.83. The van der Waals surface area contributed by atoms with E-state index in [4.69, 9.17) is 18.6 Å². The van der Waals surface area contributed by atoms with Gasteiger partial charge in [-0.05, 0) is 57.0 Å². The number of hydrogen-bond donors (Lipinski definition) is 0. The third-order valence-electron chi connectivity index (χ3n) is 5.25. The number of benzene rings is 3. The molecule has 1 heterocycles. The van der Waals surface area contributed by atoms with Crippen LogP contribution in [0.3, 0.4) is 0 Å². The van der Waals surface area contributed by atoms with Crippen molar-refractivity contribution in [1.82, 2.24) is 0 Å². The van der Waals surface area contributed by atoms with Gasteiger partial charge < -0.3 is 14.2 Å². The van der Waals surface area contributed by atoms with Gasteiger partial charge in [0, 0.05) is 17.0 Å². The van der Waals surface area contributed by atoms with Crippen LogP contribution >= 0.6 is 0 Å². The Kier molecular flexibility index (Phi) is 8.04. The topological polar surface area (TPSA) is 39.0 Å². The molecule has 0 unspecified atom stereocenters. The van der Waals surface area contributed by atoms with Gasteiger partial charge in [-0.1, -0.05) is 42.5 Å². The minimum atomic E-state index is 0.529. The van der Waals surface area contributed by atoms with Gasteiger partial charge in [-0.25, -0.2) is 0 Å². The lowest BCUT2D eigenvalue weighted by Crippen LogP contribution is -1.96. The highest BCUT2D eigenvalue weighted by molar-refractivity contribution is 5.76. The third-order valence-corrected chi connectivity index (χ3v) is 5.25. The Morgan fingerprint density at radius 1 is 0.600 bits per heavy atom. The Morgan fingerprint density at radius 3 is 1.83 bits per heavy atom. The molecule has 0 N–H and O–H groups in total. The zero-order chi connectivity index (χ0) is 24.5. The summed E-state index contributed by atoms with van der Waals surface area (Å²) in [5, 5.41) is 0. The van der Waals surface area contributed by atoms with Crippen LogP contribution in [0, 0.1) is 11.8 Å². The van der Waals surface area contributed by atoms with E-state index in [0.29, 0.717) is 31.3 Å². The predicted molar refractivity (Wildman–Crippen MR) is 140 cm³/mol. The second-order valence-electron chi connectivity index (χ2n) is 7.61. The molecule has 0 aliphatic heterocycles. The van der Waals surface area contributed by atoms with Crippen LogP contribution in [0.4, 0.5) is 0 Å². The van der Waals surface area contributed by atoms with Gasteiger partial charge in [-0.3, -0.25) is 0 Å². The van der Waals surface area contributed by atoms with Gasteiger partial charge >= 0.3 is 11.5 Å². The van der Waals surface area contributed by atoms with E-state index in [1.807, 2.05) is 106 Å². The molecule has 0 aliphatic rings. The molecule has 0 fully saturated rings. The van der Waals surface area contributed by atoms with E-state index >= 15 is 0 Å². The van der Waals surface area contributed by atoms with Crippen molar-refractivity contribution in [3.8, 4) is 51.5 Å². The van der Waals surface area contributed by atoms with Gasteiger partial charge in [0.2, 0.25) is 0 Å².